The predicted molar refractivity (Wildman–Crippen MR) is 239 cm³/mol. The third kappa shape index (κ3) is 5.60. The van der Waals surface area contributed by atoms with Crippen molar-refractivity contribution in [3.8, 4) is 39.1 Å². The molecule has 0 aliphatic rings. The van der Waals surface area contributed by atoms with E-state index >= 15 is 0 Å². The zero-order valence-electron chi connectivity index (χ0n) is 31.1. The van der Waals surface area contributed by atoms with Crippen LogP contribution in [0.2, 0.25) is 0 Å². The van der Waals surface area contributed by atoms with Crippen LogP contribution in [-0.2, 0) is 0 Å². The van der Waals surface area contributed by atoms with E-state index in [4.69, 9.17) is 4.42 Å². The van der Waals surface area contributed by atoms with Gasteiger partial charge in [-0.15, -0.1) is 0 Å². The average molecular weight is 729 g/mol. The second-order valence-corrected chi connectivity index (χ2v) is 14.5. The first-order valence-electron chi connectivity index (χ1n) is 19.4. The number of nitrogens with zero attached hydrogens (tertiary/aromatic N) is 2. The molecule has 2 heterocycles. The summed E-state index contributed by atoms with van der Waals surface area (Å²) in [5.41, 5.74) is 15.5. The molecule has 11 aromatic rings. The van der Waals surface area contributed by atoms with E-state index in [1.165, 1.54) is 38.8 Å². The zero-order valence-corrected chi connectivity index (χ0v) is 31.1. The van der Waals surface area contributed by atoms with Crippen molar-refractivity contribution in [3.63, 3.8) is 0 Å². The third-order valence-electron chi connectivity index (χ3n) is 11.2. The Labute approximate surface area is 330 Å². The summed E-state index contributed by atoms with van der Waals surface area (Å²) in [6.45, 7) is 0. The van der Waals surface area contributed by atoms with Gasteiger partial charge < -0.3 is 13.9 Å². The number of benzene rings is 9. The number of para-hydroxylation sites is 2. The van der Waals surface area contributed by atoms with Gasteiger partial charge in [-0.3, -0.25) is 0 Å². The molecule has 9 aromatic carbocycles. The van der Waals surface area contributed by atoms with Crippen LogP contribution in [-0.4, -0.2) is 4.57 Å². The van der Waals surface area contributed by atoms with Gasteiger partial charge in [0.2, 0.25) is 0 Å². The molecular weight excluding hydrogens is 693 g/mol. The fraction of sp³-hybridized carbons (Fsp3) is 0. The first-order chi connectivity index (χ1) is 28.3. The van der Waals surface area contributed by atoms with Gasteiger partial charge in [-0.25, -0.2) is 0 Å². The highest BCUT2D eigenvalue weighted by Gasteiger charge is 2.23. The smallest absolute Gasteiger partial charge is 0.145 e. The van der Waals surface area contributed by atoms with Gasteiger partial charge in [-0.05, 0) is 100 Å². The maximum atomic E-state index is 6.94. The van der Waals surface area contributed by atoms with E-state index in [-0.39, 0.29) is 0 Å². The van der Waals surface area contributed by atoms with Crippen LogP contribution in [0.5, 0.6) is 0 Å². The molecule has 0 saturated carbocycles. The van der Waals surface area contributed by atoms with Crippen LogP contribution in [0, 0.1) is 0 Å². The monoisotopic (exact) mass is 728 g/mol. The summed E-state index contributed by atoms with van der Waals surface area (Å²) >= 11 is 0. The van der Waals surface area contributed by atoms with Crippen molar-refractivity contribution in [1.29, 1.82) is 0 Å². The molecule has 57 heavy (non-hydrogen) atoms. The first-order valence-corrected chi connectivity index (χ1v) is 19.4. The lowest BCUT2D eigenvalue weighted by Crippen LogP contribution is -2.10. The Hall–Kier alpha value is -7.62. The minimum absolute atomic E-state index is 0.854. The molecule has 0 spiro atoms. The third-order valence-corrected chi connectivity index (χ3v) is 11.2. The summed E-state index contributed by atoms with van der Waals surface area (Å²) in [7, 11) is 0. The molecule has 0 aliphatic heterocycles. The minimum atomic E-state index is 0.854. The van der Waals surface area contributed by atoms with Gasteiger partial charge in [-0.2, -0.15) is 0 Å². The Morgan fingerprint density at radius 1 is 0.333 bits per heavy atom. The maximum absolute atomic E-state index is 6.94. The van der Waals surface area contributed by atoms with Gasteiger partial charge in [0.15, 0.2) is 0 Å². The second kappa shape index (κ2) is 13.6. The number of hydrogen-bond acceptors (Lipinski definition) is 2. The lowest BCUT2D eigenvalue weighted by atomic mass is 10.00. The zero-order chi connectivity index (χ0) is 37.7. The van der Waals surface area contributed by atoms with E-state index in [1.807, 2.05) is 0 Å². The number of anilines is 3. The number of hydrogen-bond donors (Lipinski definition) is 0. The van der Waals surface area contributed by atoms with Gasteiger partial charge in [0.1, 0.15) is 11.2 Å². The summed E-state index contributed by atoms with van der Waals surface area (Å²) in [4.78, 5) is 2.37. The summed E-state index contributed by atoms with van der Waals surface area (Å²) in [5, 5.41) is 4.46. The van der Waals surface area contributed by atoms with E-state index in [0.29, 0.717) is 0 Å². The van der Waals surface area contributed by atoms with Crippen LogP contribution < -0.4 is 4.90 Å². The van der Waals surface area contributed by atoms with Gasteiger partial charge in [0, 0.05) is 27.8 Å². The number of rotatable bonds is 7. The van der Waals surface area contributed by atoms with E-state index in [2.05, 4.69) is 228 Å². The molecule has 2 aromatic heterocycles. The van der Waals surface area contributed by atoms with Crippen LogP contribution in [0.25, 0.3) is 82.8 Å². The topological polar surface area (TPSA) is 21.3 Å². The normalized spacial score (nSPS) is 11.5. The Kier molecular flexibility index (Phi) is 7.82. The van der Waals surface area contributed by atoms with Gasteiger partial charge in [0.05, 0.1) is 27.5 Å². The lowest BCUT2D eigenvalue weighted by Gasteiger charge is -2.26. The Bertz CT molecular complexity index is 3180. The van der Waals surface area contributed by atoms with E-state index in [1.54, 1.807) is 0 Å². The Balaban J connectivity index is 1.08. The SMILES string of the molecule is c1ccc(-c2ccc(-c3ccc(N(c4ccc(-c5ccccc5)cc4)c4cccc5oc6c(ccc7c6c6ccccc6n7-c6ccccc6)c45)cc3)cc2)cc1. The Morgan fingerprint density at radius 2 is 0.825 bits per heavy atom. The fourth-order valence-corrected chi connectivity index (χ4v) is 8.51. The van der Waals surface area contributed by atoms with E-state index < -0.39 is 0 Å². The molecule has 0 unspecified atom stereocenters. The molecule has 268 valence electrons. The van der Waals surface area contributed by atoms with Gasteiger partial charge in [0.25, 0.3) is 0 Å². The van der Waals surface area contributed by atoms with Gasteiger partial charge >= 0.3 is 0 Å². The standard InChI is InChI=1S/C54H36N2O/c1-4-13-37(14-5-1)39-23-25-40(26-24-39)42-29-33-45(34-30-42)55(44-31-27-41(28-32-44)38-15-6-2-7-16-38)49-21-12-22-51-52(49)47-35-36-50-53(54(47)57-51)46-19-10-11-20-48(46)56(50)43-17-8-3-9-18-43/h1-36H. The first kappa shape index (κ1) is 32.8. The van der Waals surface area contributed by atoms with Crippen LogP contribution in [0.15, 0.2) is 223 Å². The molecule has 11 rings (SSSR count). The molecule has 0 bridgehead atoms. The predicted octanol–water partition coefficient (Wildman–Crippen LogP) is 15.2. The average Bonchev–Trinajstić information content (AvgIpc) is 3.84. The van der Waals surface area contributed by atoms with E-state index in [0.717, 1.165) is 61.1 Å². The molecule has 3 heteroatoms. The number of aromatic nitrogens is 1. The maximum Gasteiger partial charge on any atom is 0.145 e. The molecule has 0 aliphatic carbocycles. The van der Waals surface area contributed by atoms with Crippen molar-refractivity contribution < 1.29 is 4.42 Å². The van der Waals surface area contributed by atoms with Crippen LogP contribution in [0.4, 0.5) is 17.1 Å². The summed E-state index contributed by atoms with van der Waals surface area (Å²) < 4.78 is 9.28. The summed E-state index contributed by atoms with van der Waals surface area (Å²) in [6.07, 6.45) is 0. The molecule has 3 nitrogen and oxygen atoms in total. The number of fused-ring (bicyclic) bond motifs is 7. The highest BCUT2D eigenvalue weighted by atomic mass is 16.3. The van der Waals surface area contributed by atoms with Crippen molar-refractivity contribution in [1.82, 2.24) is 4.57 Å². The van der Waals surface area contributed by atoms with Crippen molar-refractivity contribution in [3.05, 3.63) is 218 Å². The van der Waals surface area contributed by atoms with E-state index in [9.17, 15) is 0 Å². The van der Waals surface area contributed by atoms with Crippen molar-refractivity contribution >= 4 is 60.8 Å². The lowest BCUT2D eigenvalue weighted by molar-refractivity contribution is 0.673. The quantitative estimate of drug-likeness (QED) is 0.163. The second-order valence-electron chi connectivity index (χ2n) is 14.5. The summed E-state index contributed by atoms with van der Waals surface area (Å²) in [6, 6.07) is 77.9. The molecule has 0 saturated heterocycles. The van der Waals surface area contributed by atoms with Crippen LogP contribution in [0.3, 0.4) is 0 Å². The molecule has 0 atom stereocenters. The van der Waals surface area contributed by atoms with Crippen LogP contribution in [0.1, 0.15) is 0 Å². The van der Waals surface area contributed by atoms with Gasteiger partial charge in [-0.1, -0.05) is 152 Å². The highest BCUT2D eigenvalue weighted by Crippen LogP contribution is 2.46. The molecule has 0 fully saturated rings. The molecule has 0 N–H and O–H groups in total. The molecular formula is C54H36N2O. The fourth-order valence-electron chi connectivity index (χ4n) is 8.51. The summed E-state index contributed by atoms with van der Waals surface area (Å²) in [5.74, 6) is 0. The van der Waals surface area contributed by atoms with Crippen molar-refractivity contribution in [2.45, 2.75) is 0 Å². The number of furan rings is 1. The molecule has 0 radical (unpaired) electrons. The minimum Gasteiger partial charge on any atom is -0.455 e. The van der Waals surface area contributed by atoms with Crippen molar-refractivity contribution in [2.24, 2.45) is 0 Å². The van der Waals surface area contributed by atoms with Crippen LogP contribution >= 0.6 is 0 Å². The van der Waals surface area contributed by atoms with Crippen molar-refractivity contribution in [2.75, 3.05) is 4.90 Å². The highest BCUT2D eigenvalue weighted by molar-refractivity contribution is 6.26. The largest absolute Gasteiger partial charge is 0.455 e. The molecule has 0 amide bonds. The Morgan fingerprint density at radius 3 is 1.40 bits per heavy atom.